The number of rotatable bonds is 24. The zero-order valence-electron chi connectivity index (χ0n) is 21.3. The number of esters is 2. The molecule has 0 rings (SSSR count). The van der Waals surface area contributed by atoms with E-state index < -0.39 is 0 Å². The minimum absolute atomic E-state index is 0.0732. The van der Waals surface area contributed by atoms with Gasteiger partial charge in [-0.1, -0.05) is 121 Å². The van der Waals surface area contributed by atoms with Gasteiger partial charge in [0.2, 0.25) is 0 Å². The Morgan fingerprint density at radius 3 is 1.19 bits per heavy atom. The number of hydrogen-bond acceptors (Lipinski definition) is 4. The van der Waals surface area contributed by atoms with Crippen molar-refractivity contribution in [3.05, 3.63) is 12.2 Å². The average molecular weight is 453 g/mol. The lowest BCUT2D eigenvalue weighted by molar-refractivity contribution is -0.141. The number of allylic oxidation sites excluding steroid dienone is 1. The summed E-state index contributed by atoms with van der Waals surface area (Å²) in [6.07, 6.45) is 31.4. The summed E-state index contributed by atoms with van der Waals surface area (Å²) in [4.78, 5) is 22.0. The number of hydrogen-bond donors (Lipinski definition) is 0. The molecule has 0 heterocycles. The molecule has 0 spiro atoms. The van der Waals surface area contributed by atoms with Gasteiger partial charge in [-0.3, -0.25) is 9.59 Å². The molecule has 0 aliphatic rings. The highest BCUT2D eigenvalue weighted by atomic mass is 16.5. The zero-order valence-corrected chi connectivity index (χ0v) is 21.3. The van der Waals surface area contributed by atoms with Crippen molar-refractivity contribution in [2.24, 2.45) is 0 Å². The third-order valence-electron chi connectivity index (χ3n) is 6.16. The van der Waals surface area contributed by atoms with E-state index in [0.29, 0.717) is 12.8 Å². The van der Waals surface area contributed by atoms with Crippen LogP contribution in [0, 0.1) is 0 Å². The van der Waals surface area contributed by atoms with Gasteiger partial charge in [-0.05, 0) is 19.3 Å². The first kappa shape index (κ1) is 30.7. The molecule has 0 N–H and O–H groups in total. The highest BCUT2D eigenvalue weighted by molar-refractivity contribution is 5.70. The number of methoxy groups -OCH3 is 2. The van der Waals surface area contributed by atoms with Crippen molar-refractivity contribution in [1.29, 1.82) is 0 Å². The normalized spacial score (nSPS) is 11.2. The van der Waals surface area contributed by atoms with Gasteiger partial charge in [0, 0.05) is 6.42 Å². The monoisotopic (exact) mass is 452 g/mol. The Kier molecular flexibility index (Phi) is 24.9. The van der Waals surface area contributed by atoms with Gasteiger partial charge >= 0.3 is 11.9 Å². The van der Waals surface area contributed by atoms with Crippen LogP contribution in [0.2, 0.25) is 0 Å². The van der Waals surface area contributed by atoms with Gasteiger partial charge in [0.25, 0.3) is 0 Å². The van der Waals surface area contributed by atoms with Crippen LogP contribution in [0.3, 0.4) is 0 Å². The van der Waals surface area contributed by atoms with Crippen LogP contribution < -0.4 is 0 Å². The molecule has 0 aromatic rings. The van der Waals surface area contributed by atoms with Crippen molar-refractivity contribution in [3.63, 3.8) is 0 Å². The minimum Gasteiger partial charge on any atom is -0.469 e. The molecule has 0 unspecified atom stereocenters. The van der Waals surface area contributed by atoms with Crippen LogP contribution in [0.4, 0.5) is 0 Å². The fourth-order valence-corrected chi connectivity index (χ4v) is 4.02. The summed E-state index contributed by atoms with van der Waals surface area (Å²) < 4.78 is 9.26. The first-order valence-electron chi connectivity index (χ1n) is 13.5. The lowest BCUT2D eigenvalue weighted by Crippen LogP contribution is -1.99. The Hall–Kier alpha value is -1.32. The van der Waals surface area contributed by atoms with Crippen molar-refractivity contribution in [1.82, 2.24) is 0 Å². The second-order valence-electron chi connectivity index (χ2n) is 9.08. The quantitative estimate of drug-likeness (QED) is 0.0837. The van der Waals surface area contributed by atoms with Gasteiger partial charge in [0.05, 0.1) is 20.6 Å². The Morgan fingerprint density at radius 1 is 0.469 bits per heavy atom. The fraction of sp³-hybridized carbons (Fsp3) is 0.857. The van der Waals surface area contributed by atoms with Crippen LogP contribution in [0.1, 0.15) is 141 Å². The van der Waals surface area contributed by atoms with Gasteiger partial charge in [-0.2, -0.15) is 0 Å². The van der Waals surface area contributed by atoms with Crippen LogP contribution in [0.15, 0.2) is 12.2 Å². The minimum atomic E-state index is -0.158. The third kappa shape index (κ3) is 24.9. The fourth-order valence-electron chi connectivity index (χ4n) is 4.02. The molecule has 0 aromatic carbocycles. The lowest BCUT2D eigenvalue weighted by atomic mass is 10.0. The molecular formula is C28H52O4. The molecule has 0 aliphatic heterocycles. The van der Waals surface area contributed by atoms with E-state index in [2.05, 4.69) is 15.5 Å². The molecule has 0 saturated heterocycles. The summed E-state index contributed by atoms with van der Waals surface area (Å²) in [6, 6.07) is 0. The Balaban J connectivity index is 3.09. The van der Waals surface area contributed by atoms with Gasteiger partial charge in [0.1, 0.15) is 0 Å². The van der Waals surface area contributed by atoms with Gasteiger partial charge in [-0.15, -0.1) is 0 Å². The van der Waals surface area contributed by atoms with E-state index in [0.717, 1.165) is 19.3 Å². The maximum atomic E-state index is 11.0. The molecule has 0 atom stereocenters. The summed E-state index contributed by atoms with van der Waals surface area (Å²) in [5.41, 5.74) is 0. The maximum absolute atomic E-state index is 11.0. The molecular weight excluding hydrogens is 400 g/mol. The van der Waals surface area contributed by atoms with Crippen LogP contribution in [0.5, 0.6) is 0 Å². The van der Waals surface area contributed by atoms with Crippen molar-refractivity contribution < 1.29 is 19.1 Å². The average Bonchev–Trinajstić information content (AvgIpc) is 2.81. The molecule has 4 heteroatoms. The predicted octanol–water partition coefficient (Wildman–Crippen LogP) is 8.47. The molecule has 0 fully saturated rings. The molecule has 0 amide bonds. The number of unbranched alkanes of at least 4 members (excludes halogenated alkanes) is 19. The molecule has 0 aliphatic carbocycles. The second kappa shape index (κ2) is 25.9. The number of carbonyl (C=O) groups is 2. The summed E-state index contributed by atoms with van der Waals surface area (Å²) in [5.74, 6) is -0.231. The molecule has 0 aromatic heterocycles. The lowest BCUT2D eigenvalue weighted by Gasteiger charge is -2.04. The van der Waals surface area contributed by atoms with E-state index in [1.165, 1.54) is 123 Å². The highest BCUT2D eigenvalue weighted by Gasteiger charge is 1.99. The summed E-state index contributed by atoms with van der Waals surface area (Å²) >= 11 is 0. The molecule has 188 valence electrons. The first-order valence-corrected chi connectivity index (χ1v) is 13.5. The van der Waals surface area contributed by atoms with Gasteiger partial charge in [0.15, 0.2) is 0 Å². The first-order chi connectivity index (χ1) is 15.7. The standard InChI is InChI=1S/C28H52O4/c1-31-27(29)25-23-21-19-17-15-13-11-9-7-5-3-4-6-8-10-12-14-16-18-20-22-24-26-28(30)32-2/h21,23H,3-20,22,24-26H2,1-2H3/b23-21+. The Bertz CT molecular complexity index is 445. The smallest absolute Gasteiger partial charge is 0.309 e. The maximum Gasteiger partial charge on any atom is 0.309 e. The zero-order chi connectivity index (χ0) is 23.5. The Labute approximate surface area is 198 Å². The van der Waals surface area contributed by atoms with Crippen molar-refractivity contribution in [2.75, 3.05) is 14.2 Å². The molecule has 0 saturated carbocycles. The predicted molar refractivity (Wildman–Crippen MR) is 135 cm³/mol. The van der Waals surface area contributed by atoms with Gasteiger partial charge in [-0.25, -0.2) is 0 Å². The second-order valence-corrected chi connectivity index (χ2v) is 9.08. The van der Waals surface area contributed by atoms with E-state index in [-0.39, 0.29) is 11.9 Å². The van der Waals surface area contributed by atoms with E-state index in [9.17, 15) is 9.59 Å². The van der Waals surface area contributed by atoms with Gasteiger partial charge < -0.3 is 9.47 Å². The molecule has 0 bridgehead atoms. The van der Waals surface area contributed by atoms with Crippen molar-refractivity contribution >= 4 is 11.9 Å². The highest BCUT2D eigenvalue weighted by Crippen LogP contribution is 2.15. The summed E-state index contributed by atoms with van der Waals surface area (Å²) in [5, 5.41) is 0. The van der Waals surface area contributed by atoms with Crippen molar-refractivity contribution in [2.45, 2.75) is 141 Å². The summed E-state index contributed by atoms with van der Waals surface area (Å²) in [6.45, 7) is 0. The van der Waals surface area contributed by atoms with E-state index in [1.54, 1.807) is 0 Å². The number of ether oxygens (including phenoxy) is 2. The van der Waals surface area contributed by atoms with Crippen molar-refractivity contribution in [3.8, 4) is 0 Å². The molecule has 0 radical (unpaired) electrons. The van der Waals surface area contributed by atoms with Crippen LogP contribution >= 0.6 is 0 Å². The van der Waals surface area contributed by atoms with Crippen LogP contribution in [0.25, 0.3) is 0 Å². The summed E-state index contributed by atoms with van der Waals surface area (Å²) in [7, 11) is 2.90. The van der Waals surface area contributed by atoms with E-state index in [1.807, 2.05) is 6.08 Å². The largest absolute Gasteiger partial charge is 0.469 e. The Morgan fingerprint density at radius 2 is 0.812 bits per heavy atom. The SMILES string of the molecule is COC(=O)C/C=C/CCCCCCCCCCCCCCCCCCCCCC(=O)OC. The molecule has 4 nitrogen and oxygen atoms in total. The van der Waals surface area contributed by atoms with E-state index >= 15 is 0 Å². The van der Waals surface area contributed by atoms with Crippen LogP contribution in [-0.2, 0) is 19.1 Å². The molecule has 32 heavy (non-hydrogen) atoms. The topological polar surface area (TPSA) is 52.6 Å². The van der Waals surface area contributed by atoms with Crippen LogP contribution in [-0.4, -0.2) is 26.2 Å². The number of carbonyl (C=O) groups excluding carboxylic acids is 2. The van der Waals surface area contributed by atoms with E-state index in [4.69, 9.17) is 0 Å². The third-order valence-corrected chi connectivity index (χ3v) is 6.16.